The first-order valence-corrected chi connectivity index (χ1v) is 11.6. The molecule has 4 nitrogen and oxygen atoms in total. The van der Waals surface area contributed by atoms with Crippen molar-refractivity contribution >= 4 is 13.8 Å². The van der Waals surface area contributed by atoms with Gasteiger partial charge in [0.2, 0.25) is 0 Å². The topological polar surface area (TPSA) is 53.1 Å². The van der Waals surface area contributed by atoms with Crippen LogP contribution in [0.2, 0.25) is 25.7 Å². The van der Waals surface area contributed by atoms with Gasteiger partial charge in [-0.3, -0.25) is 0 Å². The molecule has 2 aromatic rings. The highest BCUT2D eigenvalue weighted by molar-refractivity contribution is 6.76. The van der Waals surface area contributed by atoms with Gasteiger partial charge in [-0.2, -0.15) is 5.10 Å². The van der Waals surface area contributed by atoms with E-state index in [-0.39, 0.29) is 5.82 Å². The fourth-order valence-electron chi connectivity index (χ4n) is 2.48. The Hall–Kier alpha value is -1.66. The first-order chi connectivity index (χ1) is 10.7. The summed E-state index contributed by atoms with van der Waals surface area (Å²) in [7, 11) is -1.10. The van der Waals surface area contributed by atoms with E-state index in [0.29, 0.717) is 18.0 Å². The lowest BCUT2D eigenvalue weighted by Gasteiger charge is -2.15. The van der Waals surface area contributed by atoms with E-state index in [1.54, 1.807) is 16.8 Å². The predicted octanol–water partition coefficient (Wildman–Crippen LogP) is 4.20. The van der Waals surface area contributed by atoms with Crippen molar-refractivity contribution in [3.05, 3.63) is 35.4 Å². The minimum Gasteiger partial charge on any atom is -0.399 e. The van der Waals surface area contributed by atoms with Crippen molar-refractivity contribution < 1.29 is 9.13 Å². The molecule has 0 atom stereocenters. The molecule has 0 bridgehead atoms. The molecule has 0 radical (unpaired) electrons. The average molecular weight is 335 g/mol. The highest BCUT2D eigenvalue weighted by atomic mass is 28.3. The molecule has 6 heteroatoms. The van der Waals surface area contributed by atoms with Crippen molar-refractivity contribution in [2.24, 2.45) is 0 Å². The smallest absolute Gasteiger partial charge is 0.139 e. The largest absolute Gasteiger partial charge is 0.399 e. The van der Waals surface area contributed by atoms with E-state index in [1.165, 1.54) is 6.07 Å². The number of halogens is 1. The number of rotatable bonds is 6. The van der Waals surface area contributed by atoms with Gasteiger partial charge >= 0.3 is 0 Å². The standard InChI is InChI=1S/C17H26FN3OSi/c1-12-17(15-7-6-14(19)10-16(15)18)13(2)21(20-12)11-22-8-9-23(3,4)5/h6-7,10H,8-9,11,19H2,1-5H3. The first-order valence-electron chi connectivity index (χ1n) is 7.86. The maximum Gasteiger partial charge on any atom is 0.139 e. The molecule has 0 aliphatic carbocycles. The molecule has 0 aliphatic heterocycles. The normalized spacial score (nSPS) is 11.9. The summed E-state index contributed by atoms with van der Waals surface area (Å²) in [6.07, 6.45) is 0. The van der Waals surface area contributed by atoms with E-state index < -0.39 is 8.07 Å². The van der Waals surface area contributed by atoms with Crippen LogP contribution < -0.4 is 5.73 Å². The monoisotopic (exact) mass is 335 g/mol. The summed E-state index contributed by atoms with van der Waals surface area (Å²) in [6, 6.07) is 5.87. The molecule has 0 spiro atoms. The lowest BCUT2D eigenvalue weighted by molar-refractivity contribution is 0.0770. The minimum atomic E-state index is -1.10. The number of hydrogen-bond donors (Lipinski definition) is 1. The van der Waals surface area contributed by atoms with Gasteiger partial charge in [0.15, 0.2) is 0 Å². The number of aryl methyl sites for hydroxylation is 1. The maximum atomic E-state index is 14.2. The third kappa shape index (κ3) is 4.42. The molecule has 0 aliphatic rings. The molecule has 0 saturated heterocycles. The van der Waals surface area contributed by atoms with Gasteiger partial charge in [-0.05, 0) is 38.1 Å². The summed E-state index contributed by atoms with van der Waals surface area (Å²) in [4.78, 5) is 0. The van der Waals surface area contributed by atoms with Gasteiger partial charge in [0.1, 0.15) is 12.5 Å². The van der Waals surface area contributed by atoms with Crippen LogP contribution in [-0.2, 0) is 11.5 Å². The molecule has 0 unspecified atom stereocenters. The fraction of sp³-hybridized carbons (Fsp3) is 0.471. The second-order valence-corrected chi connectivity index (χ2v) is 12.8. The van der Waals surface area contributed by atoms with Gasteiger partial charge in [0.25, 0.3) is 0 Å². The van der Waals surface area contributed by atoms with Gasteiger partial charge in [0, 0.05) is 37.2 Å². The second kappa shape index (κ2) is 6.84. The van der Waals surface area contributed by atoms with Gasteiger partial charge in [0.05, 0.1) is 5.69 Å². The minimum absolute atomic E-state index is 0.324. The molecule has 0 amide bonds. The number of benzene rings is 1. The van der Waals surface area contributed by atoms with Crippen molar-refractivity contribution in [3.63, 3.8) is 0 Å². The van der Waals surface area contributed by atoms with Crippen LogP contribution in [0.15, 0.2) is 18.2 Å². The zero-order valence-corrected chi connectivity index (χ0v) is 15.6. The van der Waals surface area contributed by atoms with Crippen LogP contribution >= 0.6 is 0 Å². The third-order valence-corrected chi connectivity index (χ3v) is 5.56. The van der Waals surface area contributed by atoms with Gasteiger partial charge in [-0.15, -0.1) is 0 Å². The molecule has 0 saturated carbocycles. The van der Waals surface area contributed by atoms with Crippen LogP contribution in [0.1, 0.15) is 11.4 Å². The fourth-order valence-corrected chi connectivity index (χ4v) is 3.23. The molecule has 2 rings (SSSR count). The number of ether oxygens (including phenoxy) is 1. The van der Waals surface area contributed by atoms with Crippen LogP contribution in [0.25, 0.3) is 11.1 Å². The number of nitrogens with two attached hydrogens (primary N) is 1. The molecule has 1 aromatic carbocycles. The van der Waals surface area contributed by atoms with Crippen LogP contribution in [0.4, 0.5) is 10.1 Å². The summed E-state index contributed by atoms with van der Waals surface area (Å²) in [6.45, 7) is 11.9. The summed E-state index contributed by atoms with van der Waals surface area (Å²) < 4.78 is 21.7. The van der Waals surface area contributed by atoms with Crippen molar-refractivity contribution in [1.29, 1.82) is 0 Å². The SMILES string of the molecule is Cc1nn(COCC[Si](C)(C)C)c(C)c1-c1ccc(N)cc1F. The van der Waals surface area contributed by atoms with E-state index in [4.69, 9.17) is 10.5 Å². The highest BCUT2D eigenvalue weighted by Gasteiger charge is 2.17. The maximum absolute atomic E-state index is 14.2. The lowest BCUT2D eigenvalue weighted by atomic mass is 10.0. The summed E-state index contributed by atoms with van der Waals surface area (Å²) >= 11 is 0. The Bertz CT molecular complexity index is 692. The van der Waals surface area contributed by atoms with Crippen molar-refractivity contribution in [2.45, 2.75) is 46.3 Å². The predicted molar refractivity (Wildman–Crippen MR) is 95.6 cm³/mol. The molecular weight excluding hydrogens is 309 g/mol. The Kier molecular flexibility index (Phi) is 5.26. The van der Waals surface area contributed by atoms with E-state index in [2.05, 4.69) is 24.7 Å². The number of nitrogen functional groups attached to an aromatic ring is 1. The number of aromatic nitrogens is 2. The summed E-state index contributed by atoms with van der Waals surface area (Å²) in [5.41, 5.74) is 9.09. The molecule has 2 N–H and O–H groups in total. The van der Waals surface area contributed by atoms with Gasteiger partial charge in [-0.1, -0.05) is 19.6 Å². The van der Waals surface area contributed by atoms with Crippen molar-refractivity contribution in [3.8, 4) is 11.1 Å². The van der Waals surface area contributed by atoms with E-state index in [0.717, 1.165) is 29.6 Å². The Morgan fingerprint density at radius 1 is 1.26 bits per heavy atom. The summed E-state index contributed by atoms with van der Waals surface area (Å²) in [5.74, 6) is -0.324. The molecule has 1 heterocycles. The molecular formula is C17H26FN3OSi. The number of nitrogens with zero attached hydrogens (tertiary/aromatic N) is 2. The Morgan fingerprint density at radius 2 is 1.96 bits per heavy atom. The second-order valence-electron chi connectivity index (χ2n) is 7.13. The third-order valence-electron chi connectivity index (χ3n) is 3.85. The van der Waals surface area contributed by atoms with Crippen LogP contribution in [-0.4, -0.2) is 24.5 Å². The quantitative estimate of drug-likeness (QED) is 0.489. The molecule has 23 heavy (non-hydrogen) atoms. The number of hydrogen-bond acceptors (Lipinski definition) is 3. The van der Waals surface area contributed by atoms with Crippen LogP contribution in [0.5, 0.6) is 0 Å². The molecule has 0 fully saturated rings. The zero-order valence-electron chi connectivity index (χ0n) is 14.6. The van der Waals surface area contributed by atoms with Gasteiger partial charge < -0.3 is 10.5 Å². The highest BCUT2D eigenvalue weighted by Crippen LogP contribution is 2.30. The Labute approximate surface area is 138 Å². The summed E-state index contributed by atoms with van der Waals surface area (Å²) in [5, 5.41) is 4.49. The van der Waals surface area contributed by atoms with E-state index in [9.17, 15) is 4.39 Å². The van der Waals surface area contributed by atoms with Crippen molar-refractivity contribution in [2.75, 3.05) is 12.3 Å². The van der Waals surface area contributed by atoms with E-state index in [1.807, 2.05) is 13.8 Å². The molecule has 126 valence electrons. The lowest BCUT2D eigenvalue weighted by Crippen LogP contribution is -2.22. The average Bonchev–Trinajstić information content (AvgIpc) is 2.70. The molecule has 1 aromatic heterocycles. The van der Waals surface area contributed by atoms with Gasteiger partial charge in [-0.25, -0.2) is 9.07 Å². The van der Waals surface area contributed by atoms with E-state index >= 15 is 0 Å². The Balaban J connectivity index is 2.16. The van der Waals surface area contributed by atoms with Crippen molar-refractivity contribution in [1.82, 2.24) is 9.78 Å². The first kappa shape index (κ1) is 17.7. The zero-order chi connectivity index (χ0) is 17.2. The Morgan fingerprint density at radius 3 is 2.57 bits per heavy atom. The number of anilines is 1. The van der Waals surface area contributed by atoms with Crippen LogP contribution in [0, 0.1) is 19.7 Å². The van der Waals surface area contributed by atoms with Crippen LogP contribution in [0.3, 0.4) is 0 Å².